The lowest BCUT2D eigenvalue weighted by Gasteiger charge is -2.05. The average Bonchev–Trinajstić information content (AvgIpc) is 2.72. The van der Waals surface area contributed by atoms with Crippen molar-refractivity contribution in [3.63, 3.8) is 0 Å². The van der Waals surface area contributed by atoms with Crippen LogP contribution in [0.3, 0.4) is 0 Å². The van der Waals surface area contributed by atoms with E-state index in [-0.39, 0.29) is 0 Å². The zero-order valence-electron chi connectivity index (χ0n) is 8.97. The molecule has 0 spiro atoms. The molecule has 0 amide bonds. The van der Waals surface area contributed by atoms with Crippen LogP contribution >= 0.6 is 11.6 Å². The van der Waals surface area contributed by atoms with Crippen LogP contribution in [0.5, 0.6) is 0 Å². The van der Waals surface area contributed by atoms with Crippen LogP contribution in [0, 0.1) is 0 Å². The fourth-order valence-electron chi connectivity index (χ4n) is 1.85. The minimum absolute atomic E-state index is 0.667. The third kappa shape index (κ3) is 1.65. The minimum atomic E-state index is 0.667. The van der Waals surface area contributed by atoms with Gasteiger partial charge in [-0.1, -0.05) is 23.7 Å². The van der Waals surface area contributed by atoms with Gasteiger partial charge in [0, 0.05) is 11.1 Å². The number of hydrogen-bond donors (Lipinski definition) is 1. The van der Waals surface area contributed by atoms with Gasteiger partial charge in [0.25, 0.3) is 0 Å². The zero-order chi connectivity index (χ0) is 11.8. The lowest BCUT2D eigenvalue weighted by Crippen LogP contribution is -1.97. The number of para-hydroxylation sites is 1. The van der Waals surface area contributed by atoms with E-state index in [1.165, 1.54) is 0 Å². The highest BCUT2D eigenvalue weighted by atomic mass is 35.5. The third-order valence-corrected chi connectivity index (χ3v) is 3.00. The second kappa shape index (κ2) is 3.79. The van der Waals surface area contributed by atoms with Gasteiger partial charge in [0.2, 0.25) is 0 Å². The number of aromatic nitrogens is 2. The van der Waals surface area contributed by atoms with Gasteiger partial charge in [-0.15, -0.1) is 0 Å². The van der Waals surface area contributed by atoms with Crippen LogP contribution in [0.2, 0.25) is 5.02 Å². The summed E-state index contributed by atoms with van der Waals surface area (Å²) >= 11 is 6.16. The molecule has 3 nitrogen and oxygen atoms in total. The van der Waals surface area contributed by atoms with Crippen molar-refractivity contribution in [2.45, 2.75) is 0 Å². The van der Waals surface area contributed by atoms with Gasteiger partial charge >= 0.3 is 0 Å². The summed E-state index contributed by atoms with van der Waals surface area (Å²) in [5.74, 6) is 0. The highest BCUT2D eigenvalue weighted by Gasteiger charge is 2.07. The molecular weight excluding hydrogens is 234 g/mol. The number of nitrogens with two attached hydrogens (primary N) is 1. The number of rotatable bonds is 1. The molecule has 1 heterocycles. The topological polar surface area (TPSA) is 43.8 Å². The van der Waals surface area contributed by atoms with Gasteiger partial charge in [-0.05, 0) is 30.3 Å². The smallest absolute Gasteiger partial charge is 0.0839 e. The van der Waals surface area contributed by atoms with E-state index in [9.17, 15) is 0 Å². The number of nitrogens with zero attached hydrogens (tertiary/aromatic N) is 2. The first-order valence-electron chi connectivity index (χ1n) is 5.24. The van der Waals surface area contributed by atoms with E-state index in [1.807, 2.05) is 42.5 Å². The molecule has 3 aromatic rings. The second-order valence-corrected chi connectivity index (χ2v) is 4.23. The molecule has 4 heteroatoms. The first-order valence-corrected chi connectivity index (χ1v) is 5.62. The predicted molar refractivity (Wildman–Crippen MR) is 70.5 cm³/mol. The molecule has 0 bridgehead atoms. The van der Waals surface area contributed by atoms with Crippen molar-refractivity contribution in [1.29, 1.82) is 0 Å². The minimum Gasteiger partial charge on any atom is -0.399 e. The number of hydrogen-bond acceptors (Lipinski definition) is 2. The molecule has 0 radical (unpaired) electrons. The zero-order valence-corrected chi connectivity index (χ0v) is 9.72. The first-order chi connectivity index (χ1) is 8.25. The van der Waals surface area contributed by atoms with Gasteiger partial charge in [0.15, 0.2) is 0 Å². The van der Waals surface area contributed by atoms with Gasteiger partial charge < -0.3 is 5.73 Å². The highest BCUT2D eigenvalue weighted by molar-refractivity contribution is 6.32. The van der Waals surface area contributed by atoms with Crippen LogP contribution in [-0.2, 0) is 0 Å². The Balaban J connectivity index is 2.31. The molecule has 0 aliphatic rings. The average molecular weight is 244 g/mol. The first kappa shape index (κ1) is 10.2. The largest absolute Gasteiger partial charge is 0.399 e. The normalized spacial score (nSPS) is 10.9. The van der Waals surface area contributed by atoms with Crippen LogP contribution in [0.25, 0.3) is 16.6 Å². The summed E-state index contributed by atoms with van der Waals surface area (Å²) in [6.07, 6.45) is 1.80. The van der Waals surface area contributed by atoms with Gasteiger partial charge in [-0.25, -0.2) is 4.68 Å². The van der Waals surface area contributed by atoms with Crippen LogP contribution in [0.15, 0.2) is 48.7 Å². The summed E-state index contributed by atoms with van der Waals surface area (Å²) < 4.78 is 1.80. The molecule has 84 valence electrons. The number of anilines is 1. The maximum Gasteiger partial charge on any atom is 0.0839 e. The Bertz CT molecular complexity index is 688. The molecule has 0 aliphatic carbocycles. The fourth-order valence-corrected chi connectivity index (χ4v) is 2.07. The van der Waals surface area contributed by atoms with Gasteiger partial charge in [-0.2, -0.15) is 5.10 Å². The van der Waals surface area contributed by atoms with Crippen LogP contribution in [0.1, 0.15) is 0 Å². The second-order valence-electron chi connectivity index (χ2n) is 3.83. The lowest BCUT2D eigenvalue weighted by atomic mass is 10.2. The summed E-state index contributed by atoms with van der Waals surface area (Å²) in [5.41, 5.74) is 8.32. The summed E-state index contributed by atoms with van der Waals surface area (Å²) in [4.78, 5) is 0. The molecule has 2 N–H and O–H groups in total. The molecule has 0 saturated heterocycles. The molecule has 17 heavy (non-hydrogen) atoms. The fraction of sp³-hybridized carbons (Fsp3) is 0. The van der Waals surface area contributed by atoms with Crippen LogP contribution < -0.4 is 5.73 Å². The van der Waals surface area contributed by atoms with Crippen molar-refractivity contribution in [1.82, 2.24) is 9.78 Å². The van der Waals surface area contributed by atoms with Crippen LogP contribution in [-0.4, -0.2) is 9.78 Å². The molecule has 1 aromatic heterocycles. The lowest BCUT2D eigenvalue weighted by molar-refractivity contribution is 0.911. The quantitative estimate of drug-likeness (QED) is 0.667. The van der Waals surface area contributed by atoms with Gasteiger partial charge in [0.05, 0.1) is 22.4 Å². The van der Waals surface area contributed by atoms with E-state index in [0.29, 0.717) is 10.7 Å². The summed E-state index contributed by atoms with van der Waals surface area (Å²) in [7, 11) is 0. The number of fused-ring (bicyclic) bond motifs is 1. The van der Waals surface area contributed by atoms with Gasteiger partial charge in [0.1, 0.15) is 0 Å². The molecular formula is C13H10ClN3. The Morgan fingerprint density at radius 3 is 2.76 bits per heavy atom. The predicted octanol–water partition coefficient (Wildman–Crippen LogP) is 3.26. The molecule has 3 rings (SSSR count). The van der Waals surface area contributed by atoms with Crippen molar-refractivity contribution >= 4 is 28.2 Å². The Morgan fingerprint density at radius 1 is 1.12 bits per heavy atom. The molecule has 0 saturated carbocycles. The van der Waals surface area contributed by atoms with E-state index < -0.39 is 0 Å². The number of benzene rings is 2. The van der Waals surface area contributed by atoms with Crippen molar-refractivity contribution in [2.24, 2.45) is 0 Å². The summed E-state index contributed by atoms with van der Waals surface area (Å²) in [6, 6.07) is 13.3. The number of halogens is 1. The summed E-state index contributed by atoms with van der Waals surface area (Å²) in [6.45, 7) is 0. The maximum atomic E-state index is 6.16. The highest BCUT2D eigenvalue weighted by Crippen LogP contribution is 2.25. The van der Waals surface area contributed by atoms with E-state index in [0.717, 1.165) is 16.6 Å². The molecule has 0 unspecified atom stereocenters. The van der Waals surface area contributed by atoms with Crippen molar-refractivity contribution in [3.05, 3.63) is 53.7 Å². The van der Waals surface area contributed by atoms with Crippen LogP contribution in [0.4, 0.5) is 5.69 Å². The summed E-state index contributed by atoms with van der Waals surface area (Å²) in [5, 5.41) is 6.05. The standard InChI is InChI=1S/C13H10ClN3/c14-11-3-1-2-4-12(11)17-13-7-10(15)6-5-9(13)8-16-17/h1-8H,15H2. The van der Waals surface area contributed by atoms with Crippen molar-refractivity contribution < 1.29 is 0 Å². The van der Waals surface area contributed by atoms with Crippen molar-refractivity contribution in [2.75, 3.05) is 5.73 Å². The Labute approximate surface area is 103 Å². The van der Waals surface area contributed by atoms with E-state index in [4.69, 9.17) is 17.3 Å². The third-order valence-electron chi connectivity index (χ3n) is 2.68. The molecule has 2 aromatic carbocycles. The molecule has 0 aliphatic heterocycles. The van der Waals surface area contributed by atoms with E-state index in [2.05, 4.69) is 5.10 Å². The Morgan fingerprint density at radius 2 is 1.94 bits per heavy atom. The van der Waals surface area contributed by atoms with E-state index >= 15 is 0 Å². The Hall–Kier alpha value is -2.00. The molecule has 0 atom stereocenters. The Kier molecular flexibility index (Phi) is 2.27. The maximum absolute atomic E-state index is 6.16. The number of nitrogen functional groups attached to an aromatic ring is 1. The molecule has 0 fully saturated rings. The SMILES string of the molecule is Nc1ccc2cnn(-c3ccccc3Cl)c2c1. The van der Waals surface area contributed by atoms with Gasteiger partial charge in [-0.3, -0.25) is 0 Å². The van der Waals surface area contributed by atoms with Crippen molar-refractivity contribution in [3.8, 4) is 5.69 Å². The monoisotopic (exact) mass is 243 g/mol. The van der Waals surface area contributed by atoms with E-state index in [1.54, 1.807) is 10.9 Å².